The molecule has 3 amide bonds. The topological polar surface area (TPSA) is 92.4 Å². The van der Waals surface area contributed by atoms with E-state index in [0.717, 1.165) is 12.1 Å². The van der Waals surface area contributed by atoms with Gasteiger partial charge in [-0.1, -0.05) is 0 Å². The van der Waals surface area contributed by atoms with E-state index in [1.807, 2.05) is 5.32 Å². The number of anilines is 2. The van der Waals surface area contributed by atoms with Crippen LogP contribution in [0.15, 0.2) is 54.7 Å². The van der Waals surface area contributed by atoms with Gasteiger partial charge < -0.3 is 20.7 Å². The third-order valence-electron chi connectivity index (χ3n) is 4.94. The average Bonchev–Trinajstić information content (AvgIpc) is 2.85. The van der Waals surface area contributed by atoms with Crippen molar-refractivity contribution in [3.63, 3.8) is 0 Å². The zero-order valence-electron chi connectivity index (χ0n) is 19.3. The summed E-state index contributed by atoms with van der Waals surface area (Å²) in [7, 11) is 1.38. The Morgan fingerprint density at radius 1 is 0.795 bits per heavy atom. The fraction of sp³-hybridized carbons (Fsp3) is 0.174. The zero-order valence-corrected chi connectivity index (χ0v) is 19.3. The molecule has 39 heavy (non-hydrogen) atoms. The van der Waals surface area contributed by atoms with Gasteiger partial charge in [-0.2, -0.15) is 30.7 Å². The Bertz CT molecular complexity index is 1400. The van der Waals surface area contributed by atoms with E-state index in [9.17, 15) is 49.1 Å². The van der Waals surface area contributed by atoms with Crippen LogP contribution >= 0.6 is 0 Å². The molecule has 2 aromatic carbocycles. The zero-order chi connectivity index (χ0) is 29.2. The van der Waals surface area contributed by atoms with Gasteiger partial charge in [-0.25, -0.2) is 13.6 Å². The SMILES string of the molecule is CNC(=O)c1cc(Oc2ccc(NC(=O)Nc3cc(C(F)(F)C(F)(F)C(F)(F)F)ccc3F)c(F)c2)ccn1. The molecule has 0 aliphatic heterocycles. The maximum atomic E-state index is 14.5. The molecule has 1 aromatic heterocycles. The lowest BCUT2D eigenvalue weighted by Gasteiger charge is -2.28. The van der Waals surface area contributed by atoms with E-state index in [-0.39, 0.29) is 35.4 Å². The minimum absolute atomic E-state index is 0.00150. The van der Waals surface area contributed by atoms with Gasteiger partial charge >= 0.3 is 24.1 Å². The first-order valence-electron chi connectivity index (χ1n) is 10.4. The van der Waals surface area contributed by atoms with Crippen molar-refractivity contribution in [1.29, 1.82) is 0 Å². The van der Waals surface area contributed by atoms with Gasteiger partial charge in [-0.05, 0) is 36.4 Å². The summed E-state index contributed by atoms with van der Waals surface area (Å²) in [4.78, 5) is 27.6. The first-order valence-corrected chi connectivity index (χ1v) is 10.4. The van der Waals surface area contributed by atoms with Crippen LogP contribution in [-0.2, 0) is 5.92 Å². The maximum Gasteiger partial charge on any atom is 0.460 e. The molecule has 3 N–H and O–H groups in total. The summed E-state index contributed by atoms with van der Waals surface area (Å²) in [5.41, 5.74) is -3.66. The monoisotopic (exact) mass is 566 g/mol. The number of alkyl halides is 7. The highest BCUT2D eigenvalue weighted by Gasteiger charge is 2.73. The summed E-state index contributed by atoms with van der Waals surface area (Å²) < 4.78 is 126. The molecule has 0 aliphatic rings. The number of nitrogens with zero attached hydrogens (tertiary/aromatic N) is 1. The second kappa shape index (κ2) is 10.7. The predicted octanol–water partition coefficient (Wildman–Crippen LogP) is 6.45. The highest BCUT2D eigenvalue weighted by molar-refractivity contribution is 6.00. The van der Waals surface area contributed by atoms with Crippen LogP contribution < -0.4 is 20.7 Å². The number of hydrogen-bond acceptors (Lipinski definition) is 4. The highest BCUT2D eigenvalue weighted by Crippen LogP contribution is 2.52. The smallest absolute Gasteiger partial charge is 0.457 e. The van der Waals surface area contributed by atoms with Crippen molar-refractivity contribution in [2.45, 2.75) is 18.0 Å². The molecule has 0 radical (unpaired) electrons. The number of hydrogen-bond donors (Lipinski definition) is 3. The van der Waals surface area contributed by atoms with Crippen LogP contribution in [0.4, 0.5) is 55.7 Å². The van der Waals surface area contributed by atoms with Crippen LogP contribution in [0.1, 0.15) is 16.1 Å². The molecule has 7 nitrogen and oxygen atoms in total. The Balaban J connectivity index is 1.75. The quantitative estimate of drug-likeness (QED) is 0.287. The lowest BCUT2D eigenvalue weighted by molar-refractivity contribution is -0.359. The Hall–Kier alpha value is -4.50. The molecule has 0 aliphatic carbocycles. The molecule has 0 saturated heterocycles. The van der Waals surface area contributed by atoms with Gasteiger partial charge in [-0.3, -0.25) is 9.78 Å². The molecular weight excluding hydrogens is 551 g/mol. The molecule has 0 spiro atoms. The molecule has 3 rings (SSSR count). The normalized spacial score (nSPS) is 12.1. The number of ether oxygens (including phenoxy) is 1. The van der Waals surface area contributed by atoms with Gasteiger partial charge in [0.25, 0.3) is 5.91 Å². The van der Waals surface area contributed by atoms with Crippen molar-refractivity contribution in [3.8, 4) is 11.5 Å². The third-order valence-corrected chi connectivity index (χ3v) is 4.94. The van der Waals surface area contributed by atoms with Crippen LogP contribution in [0.3, 0.4) is 0 Å². The third kappa shape index (κ3) is 6.15. The summed E-state index contributed by atoms with van der Waals surface area (Å²) in [6.45, 7) is 0. The Morgan fingerprint density at radius 3 is 2.05 bits per heavy atom. The minimum Gasteiger partial charge on any atom is -0.457 e. The average molecular weight is 566 g/mol. The Labute approximate surface area is 213 Å². The predicted molar refractivity (Wildman–Crippen MR) is 118 cm³/mol. The lowest BCUT2D eigenvalue weighted by atomic mass is 10.0. The molecular formula is C23H15F9N4O3. The second-order valence-electron chi connectivity index (χ2n) is 7.62. The van der Waals surface area contributed by atoms with Crippen LogP contribution in [0.25, 0.3) is 0 Å². The van der Waals surface area contributed by atoms with E-state index in [1.165, 1.54) is 31.4 Å². The molecule has 0 unspecified atom stereocenters. The van der Waals surface area contributed by atoms with Gasteiger partial charge in [-0.15, -0.1) is 0 Å². The number of carbonyl (C=O) groups is 2. The first kappa shape index (κ1) is 29.1. The van der Waals surface area contributed by atoms with Crippen molar-refractivity contribution in [3.05, 3.63) is 77.6 Å². The fourth-order valence-electron chi connectivity index (χ4n) is 2.98. The maximum absolute atomic E-state index is 14.5. The molecule has 1 heterocycles. The molecule has 0 fully saturated rings. The fourth-order valence-corrected chi connectivity index (χ4v) is 2.98. The molecule has 16 heteroatoms. The number of aromatic nitrogens is 1. The highest BCUT2D eigenvalue weighted by atomic mass is 19.4. The standard InChI is InChI=1S/C23H15F9N4O3/c1-33-19(37)18-10-13(6-7-34-18)39-12-3-5-16(15(25)9-12)35-20(38)36-17-8-11(2-4-14(17)24)21(26,27)22(28,29)23(30,31)32/h2-10H,1H3,(H,33,37)(H2,35,36,38). The van der Waals surface area contributed by atoms with Crippen LogP contribution in [0.2, 0.25) is 0 Å². The van der Waals surface area contributed by atoms with E-state index in [0.29, 0.717) is 0 Å². The van der Waals surface area contributed by atoms with Gasteiger partial charge in [0.05, 0.1) is 11.4 Å². The van der Waals surface area contributed by atoms with Gasteiger partial charge in [0.2, 0.25) is 0 Å². The molecule has 0 atom stereocenters. The molecule has 3 aromatic rings. The largest absolute Gasteiger partial charge is 0.460 e. The number of rotatable bonds is 7. The van der Waals surface area contributed by atoms with Gasteiger partial charge in [0.15, 0.2) is 0 Å². The first-order chi connectivity index (χ1) is 18.1. The molecule has 0 saturated carbocycles. The van der Waals surface area contributed by atoms with E-state index >= 15 is 0 Å². The minimum atomic E-state index is -6.63. The van der Waals surface area contributed by atoms with Crippen molar-refractivity contribution < 1.29 is 53.8 Å². The summed E-state index contributed by atoms with van der Waals surface area (Å²) in [6.07, 6.45) is -5.38. The second-order valence-corrected chi connectivity index (χ2v) is 7.62. The number of amides is 3. The Kier molecular flexibility index (Phi) is 7.98. The summed E-state index contributed by atoms with van der Waals surface area (Å²) in [5, 5.41) is 5.88. The van der Waals surface area contributed by atoms with E-state index in [1.54, 1.807) is 5.32 Å². The Morgan fingerprint density at radius 2 is 1.44 bits per heavy atom. The summed E-state index contributed by atoms with van der Waals surface area (Å²) >= 11 is 0. The number of benzene rings is 2. The lowest BCUT2D eigenvalue weighted by Crippen LogP contribution is -2.50. The van der Waals surface area contributed by atoms with Crippen LogP contribution in [0.5, 0.6) is 11.5 Å². The van der Waals surface area contributed by atoms with Crippen molar-refractivity contribution >= 4 is 23.3 Å². The number of urea groups is 1. The number of pyridine rings is 1. The van der Waals surface area contributed by atoms with Crippen LogP contribution in [0, 0.1) is 11.6 Å². The van der Waals surface area contributed by atoms with Crippen molar-refractivity contribution in [2.75, 3.05) is 17.7 Å². The summed E-state index contributed by atoms with van der Waals surface area (Å²) in [5.74, 6) is -15.4. The number of halogens is 9. The molecule has 208 valence electrons. The van der Waals surface area contributed by atoms with Gasteiger partial charge in [0, 0.05) is 30.9 Å². The van der Waals surface area contributed by atoms with Crippen LogP contribution in [-0.4, -0.2) is 36.1 Å². The number of carbonyl (C=O) groups excluding carboxylic acids is 2. The number of nitrogens with one attached hydrogen (secondary N) is 3. The van der Waals surface area contributed by atoms with Gasteiger partial charge in [0.1, 0.15) is 28.8 Å². The van der Waals surface area contributed by atoms with Crippen molar-refractivity contribution in [2.24, 2.45) is 0 Å². The molecule has 0 bridgehead atoms. The summed E-state index contributed by atoms with van der Waals surface area (Å²) in [6, 6.07) is 4.15. The van der Waals surface area contributed by atoms with E-state index < -0.39 is 58.5 Å². The van der Waals surface area contributed by atoms with E-state index in [4.69, 9.17) is 4.74 Å². The van der Waals surface area contributed by atoms with Crippen molar-refractivity contribution in [1.82, 2.24) is 10.3 Å². The van der Waals surface area contributed by atoms with E-state index in [2.05, 4.69) is 10.3 Å².